The van der Waals surface area contributed by atoms with Gasteiger partial charge in [-0.1, -0.05) is 24.3 Å². The fourth-order valence-electron chi connectivity index (χ4n) is 2.43. The summed E-state index contributed by atoms with van der Waals surface area (Å²) >= 11 is 0. The number of rotatable bonds is 4. The molecule has 2 heterocycles. The molecule has 0 fully saturated rings. The van der Waals surface area contributed by atoms with Crippen LogP contribution in [0.3, 0.4) is 0 Å². The quantitative estimate of drug-likeness (QED) is 0.786. The second-order valence-electron chi connectivity index (χ2n) is 4.86. The summed E-state index contributed by atoms with van der Waals surface area (Å²) in [6, 6.07) is 11.9. The Bertz CT molecular complexity index is 692. The number of aromatic nitrogens is 2. The Morgan fingerprint density at radius 2 is 1.85 bits per heavy atom. The van der Waals surface area contributed by atoms with E-state index >= 15 is 0 Å². The molecule has 0 aliphatic carbocycles. The van der Waals surface area contributed by atoms with E-state index < -0.39 is 6.10 Å². The number of hydrogen-bond acceptors (Lipinski definition) is 3. The smallest absolute Gasteiger partial charge is 0.0799 e. The van der Waals surface area contributed by atoms with Crippen LogP contribution >= 0.6 is 0 Å². The number of pyridine rings is 2. The van der Waals surface area contributed by atoms with E-state index in [2.05, 4.69) is 9.97 Å². The maximum Gasteiger partial charge on any atom is 0.0799 e. The van der Waals surface area contributed by atoms with E-state index in [-0.39, 0.29) is 0 Å². The van der Waals surface area contributed by atoms with Crippen LogP contribution < -0.4 is 0 Å². The molecule has 1 unspecified atom stereocenters. The number of benzene rings is 1. The first-order valence-electron chi connectivity index (χ1n) is 6.74. The monoisotopic (exact) mass is 264 g/mol. The highest BCUT2D eigenvalue weighted by atomic mass is 16.3. The van der Waals surface area contributed by atoms with Gasteiger partial charge in [-0.05, 0) is 41.5 Å². The van der Waals surface area contributed by atoms with Crippen LogP contribution in [-0.4, -0.2) is 15.1 Å². The van der Waals surface area contributed by atoms with Gasteiger partial charge in [0.2, 0.25) is 0 Å². The molecule has 3 heteroatoms. The van der Waals surface area contributed by atoms with Gasteiger partial charge in [0.1, 0.15) is 0 Å². The third-order valence-corrected chi connectivity index (χ3v) is 3.51. The predicted octanol–water partition coefficient (Wildman–Crippen LogP) is 3.30. The molecule has 20 heavy (non-hydrogen) atoms. The largest absolute Gasteiger partial charge is 0.388 e. The summed E-state index contributed by atoms with van der Waals surface area (Å²) in [5.41, 5.74) is 2.09. The summed E-state index contributed by atoms with van der Waals surface area (Å²) < 4.78 is 0. The first kappa shape index (κ1) is 12.8. The second-order valence-corrected chi connectivity index (χ2v) is 4.86. The SMILES string of the molecule is OC(CCc1cccnc1)c1cccc2ccncc12. The minimum atomic E-state index is -0.483. The number of aliphatic hydroxyl groups is 1. The second kappa shape index (κ2) is 5.80. The molecule has 3 rings (SSSR count). The molecular formula is C17H16N2O. The van der Waals surface area contributed by atoms with Crippen molar-refractivity contribution in [3.63, 3.8) is 0 Å². The Kier molecular flexibility index (Phi) is 3.70. The number of nitrogens with zero attached hydrogens (tertiary/aromatic N) is 2. The predicted molar refractivity (Wildman–Crippen MR) is 79.3 cm³/mol. The van der Waals surface area contributed by atoms with Crippen molar-refractivity contribution in [3.8, 4) is 0 Å². The highest BCUT2D eigenvalue weighted by Crippen LogP contribution is 2.26. The molecule has 0 aliphatic heterocycles. The first-order chi connectivity index (χ1) is 9.84. The van der Waals surface area contributed by atoms with Gasteiger partial charge in [0.05, 0.1) is 6.10 Å². The van der Waals surface area contributed by atoms with Crippen molar-refractivity contribution in [1.29, 1.82) is 0 Å². The standard InChI is InChI=1S/C17H16N2O/c20-17(7-6-13-3-2-9-18-11-13)15-5-1-4-14-8-10-19-12-16(14)15/h1-5,8-12,17,20H,6-7H2. The molecule has 0 aliphatic rings. The van der Waals surface area contributed by atoms with Crippen LogP contribution in [0.2, 0.25) is 0 Å². The number of aryl methyl sites for hydroxylation is 1. The molecule has 0 saturated heterocycles. The van der Waals surface area contributed by atoms with E-state index in [1.165, 1.54) is 0 Å². The Morgan fingerprint density at radius 1 is 0.950 bits per heavy atom. The van der Waals surface area contributed by atoms with Crippen LogP contribution in [0.25, 0.3) is 10.8 Å². The molecule has 2 aromatic heterocycles. The van der Waals surface area contributed by atoms with Gasteiger partial charge in [0.15, 0.2) is 0 Å². The summed E-state index contributed by atoms with van der Waals surface area (Å²) in [7, 11) is 0. The molecule has 1 aromatic carbocycles. The lowest BCUT2D eigenvalue weighted by Crippen LogP contribution is -2.01. The zero-order valence-corrected chi connectivity index (χ0v) is 11.1. The number of aliphatic hydroxyl groups excluding tert-OH is 1. The van der Waals surface area contributed by atoms with Gasteiger partial charge in [-0.3, -0.25) is 9.97 Å². The fraction of sp³-hybridized carbons (Fsp3) is 0.176. The molecule has 0 spiro atoms. The molecule has 0 amide bonds. The van der Waals surface area contributed by atoms with Crippen LogP contribution in [0.15, 0.2) is 61.2 Å². The van der Waals surface area contributed by atoms with Crippen LogP contribution in [0.5, 0.6) is 0 Å². The van der Waals surface area contributed by atoms with Crippen molar-refractivity contribution >= 4 is 10.8 Å². The third-order valence-electron chi connectivity index (χ3n) is 3.51. The zero-order chi connectivity index (χ0) is 13.8. The summed E-state index contributed by atoms with van der Waals surface area (Å²) in [5.74, 6) is 0. The Hall–Kier alpha value is -2.26. The van der Waals surface area contributed by atoms with Crippen molar-refractivity contribution in [2.24, 2.45) is 0 Å². The Balaban J connectivity index is 1.80. The van der Waals surface area contributed by atoms with Gasteiger partial charge in [-0.25, -0.2) is 0 Å². The molecule has 3 aromatic rings. The Labute approximate surface area is 117 Å². The molecule has 0 bridgehead atoms. The topological polar surface area (TPSA) is 46.0 Å². The average molecular weight is 264 g/mol. The molecular weight excluding hydrogens is 248 g/mol. The minimum absolute atomic E-state index is 0.483. The minimum Gasteiger partial charge on any atom is -0.388 e. The molecule has 1 atom stereocenters. The van der Waals surface area contributed by atoms with Gasteiger partial charge in [-0.15, -0.1) is 0 Å². The van der Waals surface area contributed by atoms with E-state index in [0.29, 0.717) is 6.42 Å². The first-order valence-corrected chi connectivity index (χ1v) is 6.74. The summed E-state index contributed by atoms with van der Waals surface area (Å²) in [4.78, 5) is 8.25. The van der Waals surface area contributed by atoms with Crippen molar-refractivity contribution in [3.05, 3.63) is 72.3 Å². The molecule has 0 radical (unpaired) electrons. The highest BCUT2D eigenvalue weighted by molar-refractivity contribution is 5.85. The van der Waals surface area contributed by atoms with Gasteiger partial charge in [0, 0.05) is 30.2 Å². The lowest BCUT2D eigenvalue weighted by Gasteiger charge is -2.13. The Morgan fingerprint density at radius 3 is 2.70 bits per heavy atom. The number of hydrogen-bond donors (Lipinski definition) is 1. The summed E-state index contributed by atoms with van der Waals surface area (Å²) in [6.45, 7) is 0. The van der Waals surface area contributed by atoms with Crippen LogP contribution in [0, 0.1) is 0 Å². The molecule has 1 N–H and O–H groups in total. The van der Waals surface area contributed by atoms with Crippen molar-refractivity contribution in [2.75, 3.05) is 0 Å². The maximum atomic E-state index is 10.4. The molecule has 0 saturated carbocycles. The van der Waals surface area contributed by atoms with Crippen LogP contribution in [0.1, 0.15) is 23.7 Å². The van der Waals surface area contributed by atoms with Gasteiger partial charge >= 0.3 is 0 Å². The van der Waals surface area contributed by atoms with Crippen molar-refractivity contribution < 1.29 is 5.11 Å². The molecule has 100 valence electrons. The lowest BCUT2D eigenvalue weighted by atomic mass is 9.98. The van der Waals surface area contributed by atoms with Gasteiger partial charge in [0.25, 0.3) is 0 Å². The van der Waals surface area contributed by atoms with E-state index in [1.54, 1.807) is 12.4 Å². The fourth-order valence-corrected chi connectivity index (χ4v) is 2.43. The number of fused-ring (bicyclic) bond motifs is 1. The zero-order valence-electron chi connectivity index (χ0n) is 11.1. The summed E-state index contributed by atoms with van der Waals surface area (Å²) in [5, 5.41) is 12.6. The van der Waals surface area contributed by atoms with Crippen LogP contribution in [-0.2, 0) is 6.42 Å². The van der Waals surface area contributed by atoms with Crippen molar-refractivity contribution in [1.82, 2.24) is 9.97 Å². The summed E-state index contributed by atoms with van der Waals surface area (Å²) in [6.07, 6.45) is 8.20. The average Bonchev–Trinajstić information content (AvgIpc) is 2.53. The third kappa shape index (κ3) is 2.68. The van der Waals surface area contributed by atoms with E-state index in [9.17, 15) is 5.11 Å². The normalized spacial score (nSPS) is 12.4. The highest BCUT2D eigenvalue weighted by Gasteiger charge is 2.11. The van der Waals surface area contributed by atoms with E-state index in [4.69, 9.17) is 0 Å². The van der Waals surface area contributed by atoms with E-state index in [0.717, 1.165) is 28.3 Å². The maximum absolute atomic E-state index is 10.4. The van der Waals surface area contributed by atoms with Crippen LogP contribution in [0.4, 0.5) is 0 Å². The lowest BCUT2D eigenvalue weighted by molar-refractivity contribution is 0.169. The van der Waals surface area contributed by atoms with E-state index in [1.807, 2.05) is 48.8 Å². The van der Waals surface area contributed by atoms with Gasteiger partial charge < -0.3 is 5.11 Å². The molecule has 3 nitrogen and oxygen atoms in total. The van der Waals surface area contributed by atoms with Crippen molar-refractivity contribution in [2.45, 2.75) is 18.9 Å². The van der Waals surface area contributed by atoms with Gasteiger partial charge in [-0.2, -0.15) is 0 Å².